The van der Waals surface area contributed by atoms with Gasteiger partial charge in [0.2, 0.25) is 0 Å². The van der Waals surface area contributed by atoms with E-state index < -0.39 is 0 Å². The minimum absolute atomic E-state index is 0.599. The van der Waals surface area contributed by atoms with Crippen LogP contribution in [0.3, 0.4) is 0 Å². The molecular weight excluding hydrogens is 242 g/mol. The molecule has 0 aromatic heterocycles. The van der Waals surface area contributed by atoms with Gasteiger partial charge in [-0.2, -0.15) is 0 Å². The average Bonchev–Trinajstić information content (AvgIpc) is 2.90. The summed E-state index contributed by atoms with van der Waals surface area (Å²) in [6, 6.07) is 4.93. The number of benzene rings is 1. The highest BCUT2D eigenvalue weighted by Gasteiger charge is 2.23. The number of hydrogen-bond donors (Lipinski definition) is 0. The number of nitrogens with zero attached hydrogens (tertiary/aromatic N) is 1. The summed E-state index contributed by atoms with van der Waals surface area (Å²) in [5.74, 6) is 1.81. The number of rotatable bonds is 4. The zero-order chi connectivity index (χ0) is 14.9. The first-order chi connectivity index (χ1) is 9.41. The van der Waals surface area contributed by atoms with Crippen molar-refractivity contribution in [3.8, 4) is 0 Å². The van der Waals surface area contributed by atoms with E-state index in [0.717, 1.165) is 0 Å². The Morgan fingerprint density at radius 3 is 1.55 bits per heavy atom. The first-order valence-corrected chi connectivity index (χ1v) is 8.34. The monoisotopic (exact) mass is 273 g/mol. The maximum Gasteiger partial charge on any atom is 0.0436 e. The molecule has 1 aliphatic rings. The van der Waals surface area contributed by atoms with Crippen LogP contribution in [0, 0.1) is 0 Å². The highest BCUT2D eigenvalue weighted by Crippen LogP contribution is 2.39. The van der Waals surface area contributed by atoms with Gasteiger partial charge in [0.25, 0.3) is 0 Å². The zero-order valence-electron chi connectivity index (χ0n) is 14.2. The molecule has 0 radical (unpaired) electrons. The second kappa shape index (κ2) is 6.20. The Balaban J connectivity index is 2.60. The maximum absolute atomic E-state index is 2.63. The highest BCUT2D eigenvalue weighted by molar-refractivity contribution is 5.64. The molecule has 0 spiro atoms. The van der Waals surface area contributed by atoms with Crippen LogP contribution in [0.2, 0.25) is 0 Å². The summed E-state index contributed by atoms with van der Waals surface area (Å²) in [5, 5.41) is 0. The molecule has 0 saturated carbocycles. The molecule has 0 bridgehead atoms. The maximum atomic E-state index is 2.63. The van der Waals surface area contributed by atoms with E-state index in [4.69, 9.17) is 0 Å². The minimum Gasteiger partial charge on any atom is -0.371 e. The predicted octanol–water partition coefficient (Wildman–Crippen LogP) is 5.66. The van der Waals surface area contributed by atoms with Crippen LogP contribution in [-0.4, -0.2) is 13.1 Å². The quantitative estimate of drug-likeness (QED) is 0.684. The minimum atomic E-state index is 0.599. The van der Waals surface area contributed by atoms with Crippen LogP contribution < -0.4 is 4.90 Å². The molecule has 1 aliphatic heterocycles. The van der Waals surface area contributed by atoms with E-state index in [0.29, 0.717) is 17.8 Å². The smallest absolute Gasteiger partial charge is 0.0436 e. The van der Waals surface area contributed by atoms with E-state index in [2.05, 4.69) is 58.6 Å². The third-order valence-corrected chi connectivity index (χ3v) is 4.52. The normalized spacial score (nSPS) is 15.9. The second-order valence-electron chi connectivity index (χ2n) is 7.21. The van der Waals surface area contributed by atoms with E-state index in [1.165, 1.54) is 31.5 Å². The Labute approximate surface area is 125 Å². The summed E-state index contributed by atoms with van der Waals surface area (Å²) in [4.78, 5) is 2.63. The summed E-state index contributed by atoms with van der Waals surface area (Å²) in [6.45, 7) is 16.4. The second-order valence-corrected chi connectivity index (χ2v) is 7.21. The van der Waals surface area contributed by atoms with Gasteiger partial charge in [0.15, 0.2) is 0 Å². The van der Waals surface area contributed by atoms with Crippen LogP contribution in [0.25, 0.3) is 0 Å². The molecule has 112 valence electrons. The van der Waals surface area contributed by atoms with Gasteiger partial charge < -0.3 is 4.90 Å². The molecule has 1 fully saturated rings. The molecule has 1 heterocycles. The van der Waals surface area contributed by atoms with E-state index in [1.807, 2.05) is 0 Å². The number of anilines is 1. The average molecular weight is 273 g/mol. The lowest BCUT2D eigenvalue weighted by Crippen LogP contribution is -2.22. The van der Waals surface area contributed by atoms with Crippen LogP contribution in [0.5, 0.6) is 0 Å². The van der Waals surface area contributed by atoms with Gasteiger partial charge in [0.05, 0.1) is 0 Å². The molecule has 0 aliphatic carbocycles. The van der Waals surface area contributed by atoms with Crippen molar-refractivity contribution in [1.29, 1.82) is 0 Å². The van der Waals surface area contributed by atoms with Crippen molar-refractivity contribution in [3.63, 3.8) is 0 Å². The Hall–Kier alpha value is -0.980. The Morgan fingerprint density at radius 1 is 0.750 bits per heavy atom. The van der Waals surface area contributed by atoms with Crippen LogP contribution in [-0.2, 0) is 0 Å². The Kier molecular flexibility index (Phi) is 4.78. The zero-order valence-corrected chi connectivity index (χ0v) is 14.2. The van der Waals surface area contributed by atoms with E-state index in [1.54, 1.807) is 16.8 Å². The molecule has 1 aromatic rings. The van der Waals surface area contributed by atoms with Gasteiger partial charge in [-0.25, -0.2) is 0 Å². The van der Waals surface area contributed by atoms with Gasteiger partial charge in [0, 0.05) is 18.8 Å². The highest BCUT2D eigenvalue weighted by atomic mass is 15.1. The van der Waals surface area contributed by atoms with Crippen LogP contribution >= 0.6 is 0 Å². The lowest BCUT2D eigenvalue weighted by molar-refractivity contribution is 0.787. The van der Waals surface area contributed by atoms with Gasteiger partial charge in [-0.3, -0.25) is 0 Å². The molecule has 0 amide bonds. The van der Waals surface area contributed by atoms with Gasteiger partial charge >= 0.3 is 0 Å². The van der Waals surface area contributed by atoms with Crippen molar-refractivity contribution in [1.82, 2.24) is 0 Å². The van der Waals surface area contributed by atoms with Crippen LogP contribution in [0.15, 0.2) is 12.1 Å². The largest absolute Gasteiger partial charge is 0.371 e. The van der Waals surface area contributed by atoms with E-state index in [-0.39, 0.29) is 0 Å². The lowest BCUT2D eigenvalue weighted by atomic mass is 9.87. The van der Waals surface area contributed by atoms with E-state index in [9.17, 15) is 0 Å². The fourth-order valence-electron chi connectivity index (χ4n) is 3.22. The van der Waals surface area contributed by atoms with Crippen molar-refractivity contribution in [2.45, 2.75) is 72.1 Å². The number of hydrogen-bond acceptors (Lipinski definition) is 1. The van der Waals surface area contributed by atoms with Crippen molar-refractivity contribution in [3.05, 3.63) is 28.8 Å². The summed E-state index contributed by atoms with van der Waals surface area (Å²) >= 11 is 0. The van der Waals surface area contributed by atoms with E-state index >= 15 is 0 Å². The predicted molar refractivity (Wildman–Crippen MR) is 90.2 cm³/mol. The summed E-state index contributed by atoms with van der Waals surface area (Å²) < 4.78 is 0. The molecule has 20 heavy (non-hydrogen) atoms. The molecule has 1 aromatic carbocycles. The topological polar surface area (TPSA) is 3.24 Å². The molecule has 0 N–H and O–H groups in total. The first-order valence-electron chi connectivity index (χ1n) is 8.34. The van der Waals surface area contributed by atoms with Crippen LogP contribution in [0.4, 0.5) is 5.69 Å². The van der Waals surface area contributed by atoms with Crippen molar-refractivity contribution < 1.29 is 0 Å². The fourth-order valence-corrected chi connectivity index (χ4v) is 3.22. The first kappa shape index (κ1) is 15.4. The summed E-state index contributed by atoms with van der Waals surface area (Å²) in [7, 11) is 0. The third kappa shape index (κ3) is 3.02. The van der Waals surface area contributed by atoms with Gasteiger partial charge in [-0.15, -0.1) is 0 Å². The lowest BCUT2D eigenvalue weighted by Gasteiger charge is -2.29. The molecular formula is C19H31N. The van der Waals surface area contributed by atoms with Crippen LogP contribution in [0.1, 0.15) is 88.8 Å². The molecule has 1 nitrogen and oxygen atoms in total. The molecule has 1 saturated heterocycles. The third-order valence-electron chi connectivity index (χ3n) is 4.52. The van der Waals surface area contributed by atoms with Crippen molar-refractivity contribution in [2.24, 2.45) is 0 Å². The Bertz CT molecular complexity index is 422. The van der Waals surface area contributed by atoms with Crippen molar-refractivity contribution >= 4 is 5.69 Å². The summed E-state index contributed by atoms with van der Waals surface area (Å²) in [5.41, 5.74) is 6.17. The molecule has 0 unspecified atom stereocenters. The molecule has 0 atom stereocenters. The fraction of sp³-hybridized carbons (Fsp3) is 0.684. The van der Waals surface area contributed by atoms with Gasteiger partial charge in [0.1, 0.15) is 0 Å². The molecule has 2 rings (SSSR count). The molecule has 1 heteroatoms. The van der Waals surface area contributed by atoms with Crippen molar-refractivity contribution in [2.75, 3.05) is 18.0 Å². The SMILES string of the molecule is CC(C)c1cc(C(C)C)c(N2CCCC2)c(C(C)C)c1. The Morgan fingerprint density at radius 2 is 1.20 bits per heavy atom. The standard InChI is InChI=1S/C19H31N/c1-13(2)16-11-17(14(3)4)19(18(12-16)15(5)6)20-9-7-8-10-20/h11-15H,7-10H2,1-6H3. The van der Waals surface area contributed by atoms with Gasteiger partial charge in [-0.1, -0.05) is 53.7 Å². The van der Waals surface area contributed by atoms with Gasteiger partial charge in [-0.05, 0) is 47.3 Å². The summed E-state index contributed by atoms with van der Waals surface area (Å²) in [6.07, 6.45) is 2.70.